The van der Waals surface area contributed by atoms with E-state index in [0.29, 0.717) is 12.0 Å². The Bertz CT molecular complexity index is 334. The van der Waals surface area contributed by atoms with Crippen molar-refractivity contribution in [2.24, 2.45) is 5.92 Å². The molecule has 0 aliphatic heterocycles. The molecule has 1 rings (SSSR count). The number of nitrogens with one attached hydrogen (secondary N) is 1. The van der Waals surface area contributed by atoms with Gasteiger partial charge in [-0.2, -0.15) is 0 Å². The Kier molecular flexibility index (Phi) is 7.76. The molecule has 0 spiro atoms. The molecule has 0 aliphatic rings. The first kappa shape index (κ1) is 16.2. The minimum Gasteiger partial charge on any atom is -0.384 e. The van der Waals surface area contributed by atoms with Gasteiger partial charge in [0.25, 0.3) is 0 Å². The predicted molar refractivity (Wildman–Crippen MR) is 82.5 cm³/mol. The molecule has 0 aromatic heterocycles. The standard InChI is InChI=1S/C17H29NO/c1-5-7-15-8-10-16(11-9-15)17(18-6-2)12-14(3)13-19-4/h8-11,14,17-18H,5-7,12-13H2,1-4H3. The summed E-state index contributed by atoms with van der Waals surface area (Å²) in [5.41, 5.74) is 2.83. The molecule has 0 heterocycles. The third kappa shape index (κ3) is 5.75. The maximum absolute atomic E-state index is 5.24. The van der Waals surface area contributed by atoms with Crippen molar-refractivity contribution in [1.29, 1.82) is 0 Å². The molecule has 1 aromatic carbocycles. The molecular formula is C17H29NO. The van der Waals surface area contributed by atoms with E-state index in [1.54, 1.807) is 7.11 Å². The second-order valence-corrected chi connectivity index (χ2v) is 5.40. The fourth-order valence-electron chi connectivity index (χ4n) is 2.54. The first-order valence-electron chi connectivity index (χ1n) is 7.52. The van der Waals surface area contributed by atoms with Crippen LogP contribution in [0.15, 0.2) is 24.3 Å². The van der Waals surface area contributed by atoms with Gasteiger partial charge in [-0.25, -0.2) is 0 Å². The second-order valence-electron chi connectivity index (χ2n) is 5.40. The monoisotopic (exact) mass is 263 g/mol. The van der Waals surface area contributed by atoms with Gasteiger partial charge in [-0.15, -0.1) is 0 Å². The largest absolute Gasteiger partial charge is 0.384 e. The normalized spacial score (nSPS) is 14.3. The van der Waals surface area contributed by atoms with Gasteiger partial charge in [0.15, 0.2) is 0 Å². The summed E-state index contributed by atoms with van der Waals surface area (Å²) >= 11 is 0. The highest BCUT2D eigenvalue weighted by molar-refractivity contribution is 5.25. The Hall–Kier alpha value is -0.860. The predicted octanol–water partition coefficient (Wildman–Crippen LogP) is 3.96. The Morgan fingerprint density at radius 1 is 1.16 bits per heavy atom. The lowest BCUT2D eigenvalue weighted by Gasteiger charge is -2.22. The lowest BCUT2D eigenvalue weighted by atomic mass is 9.95. The van der Waals surface area contributed by atoms with E-state index in [9.17, 15) is 0 Å². The van der Waals surface area contributed by atoms with E-state index in [-0.39, 0.29) is 0 Å². The fourth-order valence-corrected chi connectivity index (χ4v) is 2.54. The maximum atomic E-state index is 5.24. The molecule has 2 nitrogen and oxygen atoms in total. The summed E-state index contributed by atoms with van der Waals surface area (Å²) in [4.78, 5) is 0. The van der Waals surface area contributed by atoms with Gasteiger partial charge in [-0.3, -0.25) is 0 Å². The summed E-state index contributed by atoms with van der Waals surface area (Å²) in [6.07, 6.45) is 3.50. The summed E-state index contributed by atoms with van der Waals surface area (Å²) in [6.45, 7) is 8.47. The Labute approximate surface area is 118 Å². The van der Waals surface area contributed by atoms with E-state index in [1.807, 2.05) is 0 Å². The van der Waals surface area contributed by atoms with Crippen LogP contribution in [0.1, 0.15) is 50.8 Å². The molecule has 1 N–H and O–H groups in total. The Morgan fingerprint density at radius 2 is 1.84 bits per heavy atom. The molecule has 0 fully saturated rings. The number of hydrogen-bond acceptors (Lipinski definition) is 2. The molecule has 1 aromatic rings. The van der Waals surface area contributed by atoms with Gasteiger partial charge in [-0.1, -0.05) is 51.5 Å². The molecule has 2 unspecified atom stereocenters. The zero-order valence-electron chi connectivity index (χ0n) is 12.9. The summed E-state index contributed by atoms with van der Waals surface area (Å²) in [6, 6.07) is 9.52. The van der Waals surface area contributed by atoms with E-state index in [4.69, 9.17) is 4.74 Å². The maximum Gasteiger partial charge on any atom is 0.0488 e. The van der Waals surface area contributed by atoms with Crippen LogP contribution in [0, 0.1) is 5.92 Å². The van der Waals surface area contributed by atoms with Gasteiger partial charge >= 0.3 is 0 Å². The van der Waals surface area contributed by atoms with Gasteiger partial charge in [0.1, 0.15) is 0 Å². The number of ether oxygens (including phenoxy) is 1. The van der Waals surface area contributed by atoms with Crippen molar-refractivity contribution in [2.45, 2.75) is 46.1 Å². The van der Waals surface area contributed by atoms with Crippen LogP contribution < -0.4 is 5.32 Å². The first-order valence-corrected chi connectivity index (χ1v) is 7.52. The minimum atomic E-state index is 0.436. The van der Waals surface area contributed by atoms with E-state index in [0.717, 1.165) is 19.6 Å². The molecule has 108 valence electrons. The van der Waals surface area contributed by atoms with E-state index in [1.165, 1.54) is 24.0 Å². The first-order chi connectivity index (χ1) is 9.21. The molecule has 0 amide bonds. The van der Waals surface area contributed by atoms with Crippen LogP contribution in [-0.4, -0.2) is 20.3 Å². The summed E-state index contributed by atoms with van der Waals surface area (Å²) in [7, 11) is 1.78. The molecule has 0 aliphatic carbocycles. The highest BCUT2D eigenvalue weighted by Gasteiger charge is 2.14. The molecular weight excluding hydrogens is 234 g/mol. The van der Waals surface area contributed by atoms with Gasteiger partial charge in [0, 0.05) is 19.8 Å². The molecule has 0 radical (unpaired) electrons. The molecule has 2 atom stereocenters. The number of rotatable bonds is 9. The number of benzene rings is 1. The van der Waals surface area contributed by atoms with Crippen molar-refractivity contribution < 1.29 is 4.74 Å². The van der Waals surface area contributed by atoms with E-state index in [2.05, 4.69) is 50.4 Å². The molecule has 0 saturated heterocycles. The third-order valence-corrected chi connectivity index (χ3v) is 3.46. The number of aryl methyl sites for hydroxylation is 1. The lowest BCUT2D eigenvalue weighted by Crippen LogP contribution is -2.24. The van der Waals surface area contributed by atoms with Crippen molar-refractivity contribution >= 4 is 0 Å². The average Bonchev–Trinajstić information content (AvgIpc) is 2.40. The smallest absolute Gasteiger partial charge is 0.0488 e. The lowest BCUT2D eigenvalue weighted by molar-refractivity contribution is 0.149. The van der Waals surface area contributed by atoms with Crippen molar-refractivity contribution in [3.05, 3.63) is 35.4 Å². The van der Waals surface area contributed by atoms with Crippen LogP contribution in [0.25, 0.3) is 0 Å². The van der Waals surface area contributed by atoms with Crippen molar-refractivity contribution in [2.75, 3.05) is 20.3 Å². The summed E-state index contributed by atoms with van der Waals surface area (Å²) in [5, 5.41) is 3.58. The fraction of sp³-hybridized carbons (Fsp3) is 0.647. The zero-order valence-corrected chi connectivity index (χ0v) is 12.9. The third-order valence-electron chi connectivity index (χ3n) is 3.46. The highest BCUT2D eigenvalue weighted by Crippen LogP contribution is 2.22. The van der Waals surface area contributed by atoms with Crippen molar-refractivity contribution in [3.63, 3.8) is 0 Å². The minimum absolute atomic E-state index is 0.436. The molecule has 19 heavy (non-hydrogen) atoms. The Morgan fingerprint density at radius 3 is 2.37 bits per heavy atom. The van der Waals surface area contributed by atoms with Crippen LogP contribution in [-0.2, 0) is 11.2 Å². The summed E-state index contributed by atoms with van der Waals surface area (Å²) < 4.78 is 5.24. The van der Waals surface area contributed by atoms with Crippen LogP contribution in [0.2, 0.25) is 0 Å². The van der Waals surface area contributed by atoms with Crippen molar-refractivity contribution in [3.8, 4) is 0 Å². The van der Waals surface area contributed by atoms with Gasteiger partial charge in [0.2, 0.25) is 0 Å². The number of hydrogen-bond donors (Lipinski definition) is 1. The number of methoxy groups -OCH3 is 1. The summed E-state index contributed by atoms with van der Waals surface area (Å²) in [5.74, 6) is 0.573. The van der Waals surface area contributed by atoms with Gasteiger partial charge in [-0.05, 0) is 36.4 Å². The van der Waals surface area contributed by atoms with E-state index >= 15 is 0 Å². The van der Waals surface area contributed by atoms with Crippen LogP contribution in [0.3, 0.4) is 0 Å². The second kappa shape index (κ2) is 9.11. The van der Waals surface area contributed by atoms with E-state index < -0.39 is 0 Å². The molecule has 0 saturated carbocycles. The van der Waals surface area contributed by atoms with Gasteiger partial charge in [0.05, 0.1) is 0 Å². The highest BCUT2D eigenvalue weighted by atomic mass is 16.5. The Balaban J connectivity index is 2.68. The molecule has 2 heteroatoms. The van der Waals surface area contributed by atoms with Crippen LogP contribution in [0.4, 0.5) is 0 Å². The van der Waals surface area contributed by atoms with Crippen LogP contribution >= 0.6 is 0 Å². The average molecular weight is 263 g/mol. The molecule has 0 bridgehead atoms. The zero-order chi connectivity index (χ0) is 14.1. The topological polar surface area (TPSA) is 21.3 Å². The van der Waals surface area contributed by atoms with Crippen LogP contribution in [0.5, 0.6) is 0 Å². The van der Waals surface area contributed by atoms with Gasteiger partial charge < -0.3 is 10.1 Å². The SMILES string of the molecule is CCCc1ccc(C(CC(C)COC)NCC)cc1. The quantitative estimate of drug-likeness (QED) is 0.728. The van der Waals surface area contributed by atoms with Crippen molar-refractivity contribution in [1.82, 2.24) is 5.32 Å².